The first-order valence-electron chi connectivity index (χ1n) is 5.64. The Morgan fingerprint density at radius 1 is 0.810 bits per heavy atom. The van der Waals surface area contributed by atoms with Gasteiger partial charge in [-0.3, -0.25) is 0 Å². The van der Waals surface area contributed by atoms with E-state index in [1.54, 1.807) is 12.1 Å². The van der Waals surface area contributed by atoms with E-state index in [4.69, 9.17) is 5.63 Å². The van der Waals surface area contributed by atoms with Crippen LogP contribution in [0.1, 0.15) is 0 Å². The number of hydrogen-bond acceptors (Lipinski definition) is 6. The minimum absolute atomic E-state index is 0.0674. The quantitative estimate of drug-likeness (QED) is 0.574. The second-order valence-electron chi connectivity index (χ2n) is 3.80. The van der Waals surface area contributed by atoms with Crippen LogP contribution in [0.15, 0.2) is 48.5 Å². The molecule has 0 aliphatic rings. The molecule has 9 heteroatoms. The summed E-state index contributed by atoms with van der Waals surface area (Å²) < 4.78 is 10.7. The Labute approximate surface area is 131 Å². The third-order valence-corrected chi connectivity index (χ3v) is 3.94. The van der Waals surface area contributed by atoms with Crippen molar-refractivity contribution in [2.24, 2.45) is 0 Å². The van der Waals surface area contributed by atoms with Crippen LogP contribution in [-0.4, -0.2) is 9.85 Å². The van der Waals surface area contributed by atoms with E-state index in [1.165, 1.54) is 36.4 Å². The zero-order valence-corrected chi connectivity index (χ0v) is 12.9. The van der Waals surface area contributed by atoms with Gasteiger partial charge in [-0.1, -0.05) is 0 Å². The van der Waals surface area contributed by atoms with E-state index in [0.29, 0.717) is 11.5 Å². The average Bonchev–Trinajstić information content (AvgIpc) is 2.48. The third kappa shape index (κ3) is 4.35. The number of nitro groups is 2. The van der Waals surface area contributed by atoms with Gasteiger partial charge >= 0.3 is 131 Å². The van der Waals surface area contributed by atoms with Crippen LogP contribution in [0.25, 0.3) is 0 Å². The van der Waals surface area contributed by atoms with Gasteiger partial charge in [-0.05, 0) is 0 Å². The van der Waals surface area contributed by atoms with Gasteiger partial charge in [0.05, 0.1) is 0 Å². The van der Waals surface area contributed by atoms with Crippen LogP contribution in [0.5, 0.6) is 11.5 Å². The van der Waals surface area contributed by atoms with Crippen LogP contribution >= 0.6 is 0 Å². The topological polar surface area (TPSA) is 105 Å². The van der Waals surface area contributed by atoms with Gasteiger partial charge in [0.1, 0.15) is 0 Å². The van der Waals surface area contributed by atoms with Gasteiger partial charge in [0.2, 0.25) is 0 Å². The summed E-state index contributed by atoms with van der Waals surface area (Å²) in [5.74, 6) is 0.697. The monoisotopic (exact) mass is 366 g/mol. The van der Waals surface area contributed by atoms with Crippen molar-refractivity contribution in [1.29, 1.82) is 0 Å². The van der Waals surface area contributed by atoms with Gasteiger partial charge in [-0.25, -0.2) is 0 Å². The zero-order valence-electron chi connectivity index (χ0n) is 10.5. The average molecular weight is 367 g/mol. The van der Waals surface area contributed by atoms with Crippen LogP contribution in [0.2, 0.25) is 0 Å². The number of nitro benzene ring substituents is 2. The Bertz CT molecular complexity index is 621. The first kappa shape index (κ1) is 15.1. The number of hydrogen-bond donors (Lipinski definition) is 0. The van der Waals surface area contributed by atoms with E-state index in [2.05, 4.69) is 0 Å². The molecule has 106 valence electrons. The van der Waals surface area contributed by atoms with E-state index in [0.717, 1.165) is 0 Å². The van der Waals surface area contributed by atoms with Crippen molar-refractivity contribution in [1.82, 2.24) is 0 Å². The molecule has 0 saturated carbocycles. The van der Waals surface area contributed by atoms with Crippen molar-refractivity contribution in [2.75, 3.05) is 0 Å². The van der Waals surface area contributed by atoms with E-state index in [9.17, 15) is 20.2 Å². The molecule has 2 rings (SSSR count). The molecule has 0 aliphatic heterocycles. The zero-order chi connectivity index (χ0) is 15.2. The van der Waals surface area contributed by atoms with Crippen LogP contribution in [-0.2, 0) is 24.1 Å². The molecule has 21 heavy (non-hydrogen) atoms. The standard InChI is InChI=1S/2C6H5NO3.Zr/c2*8-6-3-1-2-5(4-6)7(9)10;/h2*1-4,8H;/q;;+2/p-2. The molecule has 2 aromatic rings. The molecule has 0 fully saturated rings. The summed E-state index contributed by atoms with van der Waals surface area (Å²) in [5, 5.41) is 21.2. The number of benzene rings is 2. The summed E-state index contributed by atoms with van der Waals surface area (Å²) in [4.78, 5) is 20.2. The molecule has 0 radical (unpaired) electrons. The molecule has 2 aromatic carbocycles. The van der Waals surface area contributed by atoms with Gasteiger partial charge < -0.3 is 0 Å². The SMILES string of the molecule is O=[N+]([O-])c1cccc([O][Zr][O]c2cccc([N+](=O)[O-])c2)c1. The molecule has 0 aromatic heterocycles. The summed E-state index contributed by atoms with van der Waals surface area (Å²) in [6.07, 6.45) is 0. The molecule has 0 spiro atoms. The predicted molar refractivity (Wildman–Crippen MR) is 67.4 cm³/mol. The Balaban J connectivity index is 1.95. The van der Waals surface area contributed by atoms with E-state index < -0.39 is 34.0 Å². The second kappa shape index (κ2) is 6.94. The van der Waals surface area contributed by atoms with Crippen molar-refractivity contribution in [3.8, 4) is 11.5 Å². The molecular weight excluding hydrogens is 359 g/mol. The Hall–Kier alpha value is -2.28. The Morgan fingerprint density at radius 2 is 1.24 bits per heavy atom. The molecule has 0 unspecified atom stereocenters. The maximum absolute atomic E-state index is 10.6. The van der Waals surface area contributed by atoms with Crippen LogP contribution in [0.4, 0.5) is 11.4 Å². The molecule has 0 aliphatic carbocycles. The van der Waals surface area contributed by atoms with Gasteiger partial charge in [0, 0.05) is 0 Å². The Kier molecular flexibility index (Phi) is 5.00. The maximum atomic E-state index is 10.6. The Morgan fingerprint density at radius 3 is 1.62 bits per heavy atom. The molecule has 0 bridgehead atoms. The first-order valence-corrected chi connectivity index (χ1v) is 7.64. The predicted octanol–water partition coefficient (Wildman–Crippen LogP) is 2.87. The number of rotatable bonds is 6. The summed E-state index contributed by atoms with van der Waals surface area (Å²) in [6.45, 7) is 0. The van der Waals surface area contributed by atoms with E-state index in [-0.39, 0.29) is 11.4 Å². The fourth-order valence-electron chi connectivity index (χ4n) is 1.44. The molecule has 0 heterocycles. The molecule has 0 atom stereocenters. The van der Waals surface area contributed by atoms with E-state index >= 15 is 0 Å². The van der Waals surface area contributed by atoms with Gasteiger partial charge in [-0.2, -0.15) is 0 Å². The molecule has 0 saturated heterocycles. The summed E-state index contributed by atoms with van der Waals surface area (Å²) in [7, 11) is 0. The minimum atomic E-state index is -1.80. The van der Waals surface area contributed by atoms with Gasteiger partial charge in [-0.15, -0.1) is 0 Å². The first-order chi connectivity index (χ1) is 10.1. The summed E-state index contributed by atoms with van der Waals surface area (Å²) in [6, 6.07) is 11.5. The van der Waals surface area contributed by atoms with Crippen LogP contribution in [0.3, 0.4) is 0 Å². The number of nitrogens with zero attached hydrogens (tertiary/aromatic N) is 2. The summed E-state index contributed by atoms with van der Waals surface area (Å²) >= 11 is -1.80. The molecule has 0 amide bonds. The number of non-ortho nitro benzene ring substituents is 2. The van der Waals surface area contributed by atoms with Crippen molar-refractivity contribution in [3.63, 3.8) is 0 Å². The fourth-order valence-corrected chi connectivity index (χ4v) is 2.64. The van der Waals surface area contributed by atoms with Gasteiger partial charge in [0.15, 0.2) is 0 Å². The van der Waals surface area contributed by atoms with Crippen molar-refractivity contribution in [2.45, 2.75) is 0 Å². The van der Waals surface area contributed by atoms with Crippen molar-refractivity contribution in [3.05, 3.63) is 68.8 Å². The summed E-state index contributed by atoms with van der Waals surface area (Å²) in [5.41, 5.74) is -0.135. The van der Waals surface area contributed by atoms with Gasteiger partial charge in [0.25, 0.3) is 0 Å². The van der Waals surface area contributed by atoms with E-state index in [1.807, 2.05) is 0 Å². The van der Waals surface area contributed by atoms with Crippen molar-refractivity contribution < 1.29 is 39.6 Å². The normalized spacial score (nSPS) is 9.71. The fraction of sp³-hybridized carbons (Fsp3) is 0. The van der Waals surface area contributed by atoms with Crippen LogP contribution < -0.4 is 5.63 Å². The second-order valence-corrected chi connectivity index (χ2v) is 5.21. The van der Waals surface area contributed by atoms with Crippen molar-refractivity contribution >= 4 is 11.4 Å². The molecule has 0 N–H and O–H groups in total. The third-order valence-electron chi connectivity index (χ3n) is 2.38. The molecule has 8 nitrogen and oxygen atoms in total. The molecular formula is C12H8N2O6Zr. The van der Waals surface area contributed by atoms with Crippen LogP contribution in [0, 0.1) is 20.2 Å².